The van der Waals surface area contributed by atoms with E-state index in [-0.39, 0.29) is 12.0 Å². The van der Waals surface area contributed by atoms with Crippen molar-refractivity contribution in [1.29, 1.82) is 0 Å². The number of ether oxygens (including phenoxy) is 1. The molecule has 0 saturated carbocycles. The van der Waals surface area contributed by atoms with Gasteiger partial charge in [-0.1, -0.05) is 60.7 Å². The van der Waals surface area contributed by atoms with Crippen molar-refractivity contribution in [3.63, 3.8) is 0 Å². The van der Waals surface area contributed by atoms with E-state index in [9.17, 15) is 9.90 Å². The van der Waals surface area contributed by atoms with Crippen LogP contribution in [0.5, 0.6) is 0 Å². The minimum atomic E-state index is -0.699. The van der Waals surface area contributed by atoms with Gasteiger partial charge in [0, 0.05) is 19.1 Å². The topological polar surface area (TPSA) is 49.8 Å². The standard InChI is InChI=1S/C20H23NO3/c1-24-20(23)19-17(12-15-8-4-2-5-9-15)21(14-18(19)22)13-16-10-6-3-7-11-16/h2-11,17-19,22H,12-14H2,1H3/t17?,18-,19-/m0/s1. The van der Waals surface area contributed by atoms with Gasteiger partial charge in [-0.25, -0.2) is 0 Å². The number of benzene rings is 2. The Morgan fingerprint density at radius 2 is 1.67 bits per heavy atom. The number of methoxy groups -OCH3 is 1. The molecule has 1 aliphatic rings. The van der Waals surface area contributed by atoms with Crippen LogP contribution in [0.1, 0.15) is 11.1 Å². The first-order valence-electron chi connectivity index (χ1n) is 8.27. The summed E-state index contributed by atoms with van der Waals surface area (Å²) in [6.07, 6.45) is 0.0136. The van der Waals surface area contributed by atoms with E-state index in [2.05, 4.69) is 29.2 Å². The van der Waals surface area contributed by atoms with Crippen LogP contribution < -0.4 is 0 Å². The summed E-state index contributed by atoms with van der Waals surface area (Å²) >= 11 is 0. The predicted molar refractivity (Wildman–Crippen MR) is 92.3 cm³/mol. The fourth-order valence-corrected chi connectivity index (χ4v) is 3.53. The number of aliphatic hydroxyl groups excluding tert-OH is 1. The van der Waals surface area contributed by atoms with Crippen LogP contribution in [-0.4, -0.2) is 41.8 Å². The van der Waals surface area contributed by atoms with Crippen molar-refractivity contribution in [2.45, 2.75) is 25.1 Å². The summed E-state index contributed by atoms with van der Waals surface area (Å²) in [6, 6.07) is 20.1. The SMILES string of the molecule is COC(=O)[C@H]1C(Cc2ccccc2)N(Cc2ccccc2)C[C@@H]1O. The summed E-state index contributed by atoms with van der Waals surface area (Å²) < 4.78 is 4.95. The number of nitrogens with zero attached hydrogens (tertiary/aromatic N) is 1. The molecule has 3 rings (SSSR count). The predicted octanol–water partition coefficient (Wildman–Crippen LogP) is 2.26. The molecule has 1 unspecified atom stereocenters. The summed E-state index contributed by atoms with van der Waals surface area (Å²) in [4.78, 5) is 14.4. The van der Waals surface area contributed by atoms with E-state index in [1.807, 2.05) is 36.4 Å². The Kier molecular flexibility index (Phi) is 5.28. The Hall–Kier alpha value is -2.17. The average Bonchev–Trinajstić information content (AvgIpc) is 2.91. The number of esters is 1. The summed E-state index contributed by atoms with van der Waals surface area (Å²) in [5.41, 5.74) is 2.33. The van der Waals surface area contributed by atoms with Crippen LogP contribution in [0.25, 0.3) is 0 Å². The number of hydrogen-bond acceptors (Lipinski definition) is 4. The minimum Gasteiger partial charge on any atom is -0.469 e. The lowest BCUT2D eigenvalue weighted by Crippen LogP contribution is -2.38. The molecule has 24 heavy (non-hydrogen) atoms. The number of aliphatic hydroxyl groups is 1. The van der Waals surface area contributed by atoms with Gasteiger partial charge in [-0.2, -0.15) is 0 Å². The summed E-state index contributed by atoms with van der Waals surface area (Å²) in [7, 11) is 1.38. The molecule has 0 radical (unpaired) electrons. The van der Waals surface area contributed by atoms with E-state index in [1.165, 1.54) is 12.7 Å². The van der Waals surface area contributed by atoms with Gasteiger partial charge in [-0.05, 0) is 17.5 Å². The van der Waals surface area contributed by atoms with Gasteiger partial charge in [0.15, 0.2) is 0 Å². The number of rotatable bonds is 5. The second kappa shape index (κ2) is 7.60. The quantitative estimate of drug-likeness (QED) is 0.857. The van der Waals surface area contributed by atoms with Gasteiger partial charge in [-0.15, -0.1) is 0 Å². The Labute approximate surface area is 142 Å². The molecule has 1 fully saturated rings. The molecule has 0 aromatic heterocycles. The lowest BCUT2D eigenvalue weighted by Gasteiger charge is -2.27. The van der Waals surface area contributed by atoms with Gasteiger partial charge >= 0.3 is 5.97 Å². The number of β-amino-alcohol motifs (C(OH)–C–C–N with tert-alkyl or cyclic N) is 1. The van der Waals surface area contributed by atoms with Crippen molar-refractivity contribution in [2.75, 3.05) is 13.7 Å². The lowest BCUT2D eigenvalue weighted by molar-refractivity contribution is -0.149. The maximum Gasteiger partial charge on any atom is 0.312 e. The summed E-state index contributed by atoms with van der Waals surface area (Å²) in [6.45, 7) is 1.19. The van der Waals surface area contributed by atoms with Crippen LogP contribution in [0.4, 0.5) is 0 Å². The molecule has 0 spiro atoms. The molecule has 1 saturated heterocycles. The third-order valence-electron chi connectivity index (χ3n) is 4.71. The van der Waals surface area contributed by atoms with E-state index >= 15 is 0 Å². The van der Waals surface area contributed by atoms with E-state index in [0.29, 0.717) is 19.5 Å². The van der Waals surface area contributed by atoms with Crippen LogP contribution in [0.15, 0.2) is 60.7 Å². The minimum absolute atomic E-state index is 0.0740. The highest BCUT2D eigenvalue weighted by atomic mass is 16.5. The fourth-order valence-electron chi connectivity index (χ4n) is 3.53. The van der Waals surface area contributed by atoms with Crippen molar-refractivity contribution < 1.29 is 14.6 Å². The maximum absolute atomic E-state index is 12.2. The first-order valence-corrected chi connectivity index (χ1v) is 8.27. The Balaban J connectivity index is 1.84. The van der Waals surface area contributed by atoms with E-state index < -0.39 is 12.0 Å². The first kappa shape index (κ1) is 16.7. The second-order valence-electron chi connectivity index (χ2n) is 6.29. The van der Waals surface area contributed by atoms with Gasteiger partial charge in [0.2, 0.25) is 0 Å². The normalized spacial score (nSPS) is 24.0. The van der Waals surface area contributed by atoms with Crippen molar-refractivity contribution in [3.05, 3.63) is 71.8 Å². The first-order chi connectivity index (χ1) is 11.7. The number of likely N-dealkylation sites (tertiary alicyclic amines) is 1. The van der Waals surface area contributed by atoms with Gasteiger partial charge in [-0.3, -0.25) is 9.69 Å². The van der Waals surface area contributed by atoms with Gasteiger partial charge in [0.1, 0.15) is 0 Å². The third kappa shape index (κ3) is 3.66. The van der Waals surface area contributed by atoms with Crippen molar-refractivity contribution in [1.82, 2.24) is 4.90 Å². The van der Waals surface area contributed by atoms with Crippen molar-refractivity contribution in [3.8, 4) is 0 Å². The number of hydrogen-bond donors (Lipinski definition) is 1. The monoisotopic (exact) mass is 325 g/mol. The molecule has 1 heterocycles. The molecule has 126 valence electrons. The van der Waals surface area contributed by atoms with E-state index in [4.69, 9.17) is 4.74 Å². The smallest absolute Gasteiger partial charge is 0.312 e. The molecule has 4 heteroatoms. The molecule has 3 atom stereocenters. The second-order valence-corrected chi connectivity index (χ2v) is 6.29. The van der Waals surface area contributed by atoms with Gasteiger partial charge in [0.25, 0.3) is 0 Å². The summed E-state index contributed by atoms with van der Waals surface area (Å²) in [5, 5.41) is 10.4. The van der Waals surface area contributed by atoms with E-state index in [1.54, 1.807) is 0 Å². The zero-order valence-electron chi connectivity index (χ0n) is 13.8. The molecule has 1 N–H and O–H groups in total. The van der Waals surface area contributed by atoms with E-state index in [0.717, 1.165) is 5.56 Å². The van der Waals surface area contributed by atoms with Crippen molar-refractivity contribution >= 4 is 5.97 Å². The average molecular weight is 325 g/mol. The lowest BCUT2D eigenvalue weighted by atomic mass is 9.92. The van der Waals surface area contributed by atoms with Crippen LogP contribution in [-0.2, 0) is 22.5 Å². The Morgan fingerprint density at radius 1 is 1.08 bits per heavy atom. The van der Waals surface area contributed by atoms with Crippen LogP contribution in [0.3, 0.4) is 0 Å². The third-order valence-corrected chi connectivity index (χ3v) is 4.71. The van der Waals surface area contributed by atoms with Gasteiger partial charge < -0.3 is 9.84 Å². The summed E-state index contributed by atoms with van der Waals surface area (Å²) in [5.74, 6) is -0.849. The van der Waals surface area contributed by atoms with Gasteiger partial charge in [0.05, 0.1) is 19.1 Å². The number of carbonyl (C=O) groups is 1. The Bertz CT molecular complexity index is 659. The van der Waals surface area contributed by atoms with Crippen LogP contribution in [0.2, 0.25) is 0 Å². The molecule has 2 aromatic rings. The van der Waals surface area contributed by atoms with Crippen molar-refractivity contribution in [2.24, 2.45) is 5.92 Å². The molecule has 1 aliphatic heterocycles. The molecular formula is C20H23NO3. The maximum atomic E-state index is 12.2. The zero-order valence-corrected chi connectivity index (χ0v) is 13.8. The molecule has 4 nitrogen and oxygen atoms in total. The highest BCUT2D eigenvalue weighted by Crippen LogP contribution is 2.30. The zero-order chi connectivity index (χ0) is 16.9. The number of carbonyl (C=O) groups excluding carboxylic acids is 1. The fraction of sp³-hybridized carbons (Fsp3) is 0.350. The molecule has 0 amide bonds. The highest BCUT2D eigenvalue weighted by molar-refractivity contribution is 5.74. The molecule has 0 aliphatic carbocycles. The molecular weight excluding hydrogens is 302 g/mol. The van der Waals surface area contributed by atoms with Crippen LogP contribution in [0, 0.1) is 5.92 Å². The highest BCUT2D eigenvalue weighted by Gasteiger charge is 2.45. The largest absolute Gasteiger partial charge is 0.469 e. The van der Waals surface area contributed by atoms with Crippen LogP contribution >= 0.6 is 0 Å². The molecule has 0 bridgehead atoms. The molecule has 2 aromatic carbocycles. The Morgan fingerprint density at radius 3 is 2.25 bits per heavy atom.